The summed E-state index contributed by atoms with van der Waals surface area (Å²) in [5.74, 6) is 0.812. The second-order valence-electron chi connectivity index (χ2n) is 5.71. The molecular weight excluding hydrogens is 292 g/mol. The van der Waals surface area contributed by atoms with Crippen molar-refractivity contribution >= 4 is 5.91 Å². The molecule has 1 N–H and O–H groups in total. The van der Waals surface area contributed by atoms with Gasteiger partial charge in [0.25, 0.3) is 0 Å². The van der Waals surface area contributed by atoms with E-state index in [4.69, 9.17) is 4.74 Å². The first-order valence-corrected chi connectivity index (χ1v) is 7.78. The molecule has 1 amide bonds. The summed E-state index contributed by atoms with van der Waals surface area (Å²) in [4.78, 5) is 18.1. The van der Waals surface area contributed by atoms with Crippen LogP contribution < -0.4 is 4.74 Å². The molecule has 1 aromatic heterocycles. The highest BCUT2D eigenvalue weighted by Crippen LogP contribution is 2.16. The fourth-order valence-electron chi connectivity index (χ4n) is 2.60. The average molecular weight is 312 g/mol. The van der Waals surface area contributed by atoms with E-state index in [9.17, 15) is 9.90 Å². The van der Waals surface area contributed by atoms with Crippen molar-refractivity contribution < 1.29 is 14.6 Å². The highest BCUT2D eigenvalue weighted by molar-refractivity contribution is 5.79. The number of hydrogen-bond donors (Lipinski definition) is 1. The summed E-state index contributed by atoms with van der Waals surface area (Å²) in [5, 5.41) is 9.49. The Morgan fingerprint density at radius 1 is 1.26 bits per heavy atom. The minimum atomic E-state index is -0.374. The van der Waals surface area contributed by atoms with E-state index in [1.54, 1.807) is 11.1 Å². The van der Waals surface area contributed by atoms with Crippen molar-refractivity contribution in [3.05, 3.63) is 59.9 Å². The lowest BCUT2D eigenvalue weighted by Gasteiger charge is -2.15. The molecule has 1 fully saturated rings. The van der Waals surface area contributed by atoms with Crippen molar-refractivity contribution in [2.45, 2.75) is 25.6 Å². The van der Waals surface area contributed by atoms with E-state index in [2.05, 4.69) is 4.98 Å². The predicted octanol–water partition coefficient (Wildman–Crippen LogP) is 1.80. The van der Waals surface area contributed by atoms with Crippen molar-refractivity contribution in [2.75, 3.05) is 13.1 Å². The van der Waals surface area contributed by atoms with Gasteiger partial charge in [0.2, 0.25) is 5.91 Å². The highest BCUT2D eigenvalue weighted by atomic mass is 16.5. The number of nitrogens with zero attached hydrogens (tertiary/aromatic N) is 2. The van der Waals surface area contributed by atoms with Crippen molar-refractivity contribution in [2.24, 2.45) is 0 Å². The van der Waals surface area contributed by atoms with Crippen LogP contribution in [0, 0.1) is 0 Å². The van der Waals surface area contributed by atoms with E-state index in [1.165, 1.54) is 0 Å². The average Bonchev–Trinajstić information content (AvgIpc) is 3.02. The number of hydrogen-bond acceptors (Lipinski definition) is 4. The number of β-amino-alcohol motifs (C(OH)–C–C–N with tert-alkyl or cyclic N) is 1. The third-order valence-corrected chi connectivity index (χ3v) is 3.91. The highest BCUT2D eigenvalue weighted by Gasteiger charge is 2.24. The number of benzene rings is 1. The second-order valence-corrected chi connectivity index (χ2v) is 5.71. The van der Waals surface area contributed by atoms with Gasteiger partial charge in [0, 0.05) is 19.3 Å². The summed E-state index contributed by atoms with van der Waals surface area (Å²) in [7, 11) is 0. The number of aliphatic hydroxyl groups excluding tert-OH is 1. The number of carbonyl (C=O) groups is 1. The maximum atomic E-state index is 12.1. The van der Waals surface area contributed by atoms with Crippen LogP contribution in [-0.4, -0.2) is 40.1 Å². The number of amides is 1. The summed E-state index contributed by atoms with van der Waals surface area (Å²) < 4.78 is 5.67. The van der Waals surface area contributed by atoms with Crippen LogP contribution in [0.3, 0.4) is 0 Å². The standard InChI is InChI=1S/C18H20N2O3/c21-16-8-10-20(12-16)18(22)11-14-4-6-17(7-5-14)23-13-15-3-1-2-9-19-15/h1-7,9,16,21H,8,10-13H2/t16-/m1/s1. The summed E-state index contributed by atoms with van der Waals surface area (Å²) in [6.07, 6.45) is 2.39. The lowest BCUT2D eigenvalue weighted by Crippen LogP contribution is -2.30. The fraction of sp³-hybridized carbons (Fsp3) is 0.333. The van der Waals surface area contributed by atoms with Gasteiger partial charge in [-0.1, -0.05) is 18.2 Å². The Labute approximate surface area is 135 Å². The van der Waals surface area contributed by atoms with E-state index in [0.29, 0.717) is 32.5 Å². The van der Waals surface area contributed by atoms with Crippen LogP contribution in [-0.2, 0) is 17.8 Å². The zero-order valence-corrected chi connectivity index (χ0v) is 12.9. The number of likely N-dealkylation sites (tertiary alicyclic amines) is 1. The maximum absolute atomic E-state index is 12.1. The van der Waals surface area contributed by atoms with Crippen LogP contribution in [0.25, 0.3) is 0 Å². The van der Waals surface area contributed by atoms with E-state index in [-0.39, 0.29) is 12.0 Å². The molecule has 1 aliphatic rings. The zero-order valence-electron chi connectivity index (χ0n) is 12.9. The van der Waals surface area contributed by atoms with E-state index < -0.39 is 0 Å². The van der Waals surface area contributed by atoms with E-state index >= 15 is 0 Å². The molecule has 0 radical (unpaired) electrons. The number of pyridine rings is 1. The Bertz CT molecular complexity index is 643. The smallest absolute Gasteiger partial charge is 0.227 e. The number of carbonyl (C=O) groups excluding carboxylic acids is 1. The van der Waals surface area contributed by atoms with Gasteiger partial charge < -0.3 is 14.7 Å². The molecule has 120 valence electrons. The topological polar surface area (TPSA) is 62.7 Å². The van der Waals surface area contributed by atoms with Gasteiger partial charge in [0.15, 0.2) is 0 Å². The molecule has 5 heteroatoms. The number of rotatable bonds is 5. The minimum Gasteiger partial charge on any atom is -0.487 e. The van der Waals surface area contributed by atoms with Gasteiger partial charge in [-0.15, -0.1) is 0 Å². The number of aliphatic hydroxyl groups is 1. The zero-order chi connectivity index (χ0) is 16.1. The first kappa shape index (κ1) is 15.5. The largest absolute Gasteiger partial charge is 0.487 e. The second kappa shape index (κ2) is 7.24. The fourth-order valence-corrected chi connectivity index (χ4v) is 2.60. The number of aromatic nitrogens is 1. The molecule has 0 spiro atoms. The monoisotopic (exact) mass is 312 g/mol. The Kier molecular flexibility index (Phi) is 4.88. The Morgan fingerprint density at radius 2 is 2.09 bits per heavy atom. The van der Waals surface area contributed by atoms with Crippen LogP contribution in [0.15, 0.2) is 48.7 Å². The van der Waals surface area contributed by atoms with Crippen molar-refractivity contribution in [3.63, 3.8) is 0 Å². The van der Waals surface area contributed by atoms with Gasteiger partial charge in [-0.3, -0.25) is 9.78 Å². The molecule has 1 aromatic carbocycles. The molecule has 1 saturated heterocycles. The molecule has 0 unspecified atom stereocenters. The predicted molar refractivity (Wildman–Crippen MR) is 85.9 cm³/mol. The summed E-state index contributed by atoms with van der Waals surface area (Å²) in [5.41, 5.74) is 1.82. The normalized spacial score (nSPS) is 17.3. The Morgan fingerprint density at radius 3 is 2.74 bits per heavy atom. The third kappa shape index (κ3) is 4.29. The number of ether oxygens (including phenoxy) is 1. The lowest BCUT2D eigenvalue weighted by atomic mass is 10.1. The molecule has 0 saturated carbocycles. The summed E-state index contributed by atoms with van der Waals surface area (Å²) in [6.45, 7) is 1.51. The van der Waals surface area contributed by atoms with Crippen LogP contribution in [0.4, 0.5) is 0 Å². The minimum absolute atomic E-state index is 0.0590. The van der Waals surface area contributed by atoms with Crippen molar-refractivity contribution in [1.29, 1.82) is 0 Å². The third-order valence-electron chi connectivity index (χ3n) is 3.91. The van der Waals surface area contributed by atoms with Gasteiger partial charge >= 0.3 is 0 Å². The van der Waals surface area contributed by atoms with Crippen LogP contribution in [0.5, 0.6) is 5.75 Å². The quantitative estimate of drug-likeness (QED) is 0.914. The van der Waals surface area contributed by atoms with Crippen LogP contribution in [0.1, 0.15) is 17.7 Å². The van der Waals surface area contributed by atoms with E-state index in [1.807, 2.05) is 42.5 Å². The molecule has 23 heavy (non-hydrogen) atoms. The first-order valence-electron chi connectivity index (χ1n) is 7.78. The molecule has 1 atom stereocenters. The van der Waals surface area contributed by atoms with Crippen molar-refractivity contribution in [3.8, 4) is 5.75 Å². The Hall–Kier alpha value is -2.40. The first-order chi connectivity index (χ1) is 11.2. The summed E-state index contributed by atoms with van der Waals surface area (Å²) in [6, 6.07) is 13.2. The molecule has 0 bridgehead atoms. The maximum Gasteiger partial charge on any atom is 0.227 e. The molecule has 5 nitrogen and oxygen atoms in total. The van der Waals surface area contributed by atoms with Crippen LogP contribution in [0.2, 0.25) is 0 Å². The van der Waals surface area contributed by atoms with Crippen molar-refractivity contribution in [1.82, 2.24) is 9.88 Å². The van der Waals surface area contributed by atoms with Gasteiger partial charge in [-0.2, -0.15) is 0 Å². The summed E-state index contributed by atoms with van der Waals surface area (Å²) >= 11 is 0. The molecule has 1 aliphatic heterocycles. The molecule has 2 aromatic rings. The molecule has 0 aliphatic carbocycles. The van der Waals surface area contributed by atoms with Gasteiger partial charge in [0.1, 0.15) is 12.4 Å². The Balaban J connectivity index is 1.51. The SMILES string of the molecule is O=C(Cc1ccc(OCc2ccccn2)cc1)N1CC[C@@H](O)C1. The molecule has 2 heterocycles. The molecular formula is C18H20N2O3. The lowest BCUT2D eigenvalue weighted by molar-refractivity contribution is -0.129. The van der Waals surface area contributed by atoms with E-state index in [0.717, 1.165) is 17.0 Å². The molecule has 3 rings (SSSR count). The van der Waals surface area contributed by atoms with Gasteiger partial charge in [-0.05, 0) is 36.2 Å². The van der Waals surface area contributed by atoms with Gasteiger partial charge in [0.05, 0.1) is 18.2 Å². The van der Waals surface area contributed by atoms with Crippen LogP contribution >= 0.6 is 0 Å². The van der Waals surface area contributed by atoms with Gasteiger partial charge in [-0.25, -0.2) is 0 Å².